The number of hydrogen-bond acceptors (Lipinski definition) is 5. The van der Waals surface area contributed by atoms with Crippen molar-refractivity contribution < 1.29 is 18.0 Å². The molecule has 10 heteroatoms. The molecule has 1 N–H and O–H groups in total. The van der Waals surface area contributed by atoms with Gasteiger partial charge in [0, 0.05) is 26.2 Å². The molecule has 8 nitrogen and oxygen atoms in total. The molecule has 3 fully saturated rings. The third-order valence-electron chi connectivity index (χ3n) is 7.44. The first-order valence-electron chi connectivity index (χ1n) is 11.6. The SMILES string of the molecule is CC(C)(C)C1CCC2(CC1)NC(=O)N(CN1CCN(S(=O)(=O)c3ccccc3Cl)CC1)C2=O. The van der Waals surface area contributed by atoms with Crippen molar-refractivity contribution in [2.24, 2.45) is 11.3 Å². The van der Waals surface area contributed by atoms with Crippen LogP contribution in [0.2, 0.25) is 5.02 Å². The third-order valence-corrected chi connectivity index (χ3v) is 9.84. The Labute approximate surface area is 201 Å². The van der Waals surface area contributed by atoms with E-state index in [0.29, 0.717) is 31.8 Å². The van der Waals surface area contributed by atoms with Gasteiger partial charge < -0.3 is 5.32 Å². The zero-order chi connectivity index (χ0) is 24.0. The molecule has 3 aliphatic rings. The summed E-state index contributed by atoms with van der Waals surface area (Å²) in [7, 11) is -3.69. The second-order valence-corrected chi connectivity index (χ2v) is 12.8. The molecule has 1 aromatic carbocycles. The maximum Gasteiger partial charge on any atom is 0.326 e. The third kappa shape index (κ3) is 4.65. The Kier molecular flexibility index (Phi) is 6.54. The zero-order valence-corrected chi connectivity index (χ0v) is 21.1. The quantitative estimate of drug-likeness (QED) is 0.647. The second-order valence-electron chi connectivity index (χ2n) is 10.5. The van der Waals surface area contributed by atoms with Gasteiger partial charge in [-0.3, -0.25) is 9.69 Å². The number of sulfonamides is 1. The largest absolute Gasteiger partial charge is 0.326 e. The van der Waals surface area contributed by atoms with Crippen molar-refractivity contribution in [3.63, 3.8) is 0 Å². The summed E-state index contributed by atoms with van der Waals surface area (Å²) in [6, 6.07) is 6.07. The Morgan fingerprint density at radius 3 is 2.24 bits per heavy atom. The van der Waals surface area contributed by atoms with E-state index in [1.807, 2.05) is 4.90 Å². The van der Waals surface area contributed by atoms with Crippen molar-refractivity contribution in [1.82, 2.24) is 19.4 Å². The number of imide groups is 1. The van der Waals surface area contributed by atoms with E-state index in [9.17, 15) is 18.0 Å². The van der Waals surface area contributed by atoms with Crippen molar-refractivity contribution in [1.29, 1.82) is 0 Å². The molecule has 0 radical (unpaired) electrons. The number of hydrogen-bond donors (Lipinski definition) is 1. The van der Waals surface area contributed by atoms with Gasteiger partial charge in [0.15, 0.2) is 0 Å². The van der Waals surface area contributed by atoms with Gasteiger partial charge in [-0.25, -0.2) is 18.1 Å². The molecule has 33 heavy (non-hydrogen) atoms. The fourth-order valence-electron chi connectivity index (χ4n) is 5.22. The average molecular weight is 497 g/mol. The summed E-state index contributed by atoms with van der Waals surface area (Å²) in [5.41, 5.74) is -0.592. The number of piperazine rings is 1. The number of carbonyl (C=O) groups is 2. The molecule has 0 unspecified atom stereocenters. The lowest BCUT2D eigenvalue weighted by atomic mass is 9.67. The van der Waals surface area contributed by atoms with Gasteiger partial charge in [0.2, 0.25) is 10.0 Å². The van der Waals surface area contributed by atoms with Crippen molar-refractivity contribution in [3.8, 4) is 0 Å². The fourth-order valence-corrected chi connectivity index (χ4v) is 7.14. The van der Waals surface area contributed by atoms with Gasteiger partial charge in [0.05, 0.1) is 11.7 Å². The first-order chi connectivity index (χ1) is 15.4. The molecule has 1 saturated carbocycles. The summed E-state index contributed by atoms with van der Waals surface area (Å²) in [5.74, 6) is 0.390. The summed E-state index contributed by atoms with van der Waals surface area (Å²) in [6.45, 7) is 8.26. The van der Waals surface area contributed by atoms with Crippen LogP contribution in [0.1, 0.15) is 46.5 Å². The van der Waals surface area contributed by atoms with Crippen LogP contribution < -0.4 is 5.32 Å². The molecule has 2 saturated heterocycles. The van der Waals surface area contributed by atoms with E-state index >= 15 is 0 Å². The van der Waals surface area contributed by atoms with Crippen LogP contribution in [-0.2, 0) is 14.8 Å². The molecule has 0 aromatic heterocycles. The van der Waals surface area contributed by atoms with Crippen LogP contribution in [0, 0.1) is 11.3 Å². The minimum Gasteiger partial charge on any atom is -0.323 e. The highest BCUT2D eigenvalue weighted by atomic mass is 35.5. The summed E-state index contributed by atoms with van der Waals surface area (Å²) < 4.78 is 27.3. The Hall–Kier alpha value is -1.68. The standard InChI is InChI=1S/C23H33ClN4O4S/c1-22(2,3)17-8-10-23(11-9-17)20(29)28(21(30)25-23)16-26-12-14-27(15-13-26)33(31,32)19-7-5-4-6-18(19)24/h4-7,17H,8-16H2,1-3H3,(H,25,30). The van der Waals surface area contributed by atoms with Gasteiger partial charge in [-0.1, -0.05) is 44.5 Å². The number of halogens is 1. The van der Waals surface area contributed by atoms with Gasteiger partial charge in [0.1, 0.15) is 10.4 Å². The normalized spacial score (nSPS) is 27.9. The molecule has 182 valence electrons. The van der Waals surface area contributed by atoms with Crippen molar-refractivity contribution >= 4 is 33.6 Å². The van der Waals surface area contributed by atoms with Gasteiger partial charge in [-0.15, -0.1) is 0 Å². The number of nitrogens with zero attached hydrogens (tertiary/aromatic N) is 3. The number of amides is 3. The first kappa shape index (κ1) is 24.4. The molecule has 1 aromatic rings. The predicted molar refractivity (Wildman–Crippen MR) is 126 cm³/mol. The Balaban J connectivity index is 1.36. The van der Waals surface area contributed by atoms with Gasteiger partial charge in [-0.2, -0.15) is 4.31 Å². The molecule has 3 amide bonds. The van der Waals surface area contributed by atoms with Gasteiger partial charge >= 0.3 is 6.03 Å². The van der Waals surface area contributed by atoms with E-state index in [4.69, 9.17) is 11.6 Å². The summed E-state index contributed by atoms with van der Waals surface area (Å²) in [6.07, 6.45) is 3.17. The minimum atomic E-state index is -3.69. The maximum absolute atomic E-state index is 13.3. The highest BCUT2D eigenvalue weighted by Gasteiger charge is 2.53. The van der Waals surface area contributed by atoms with Crippen LogP contribution in [0.4, 0.5) is 4.79 Å². The molecule has 0 bridgehead atoms. The smallest absolute Gasteiger partial charge is 0.323 e. The van der Waals surface area contributed by atoms with E-state index in [0.717, 1.165) is 12.8 Å². The van der Waals surface area contributed by atoms with E-state index in [1.165, 1.54) is 15.3 Å². The second kappa shape index (κ2) is 8.83. The van der Waals surface area contributed by atoms with Crippen molar-refractivity contribution in [2.45, 2.75) is 56.9 Å². The molecule has 0 atom stereocenters. The van der Waals surface area contributed by atoms with Crippen LogP contribution in [0.15, 0.2) is 29.2 Å². The topological polar surface area (TPSA) is 90.0 Å². The molecule has 1 spiro atoms. The summed E-state index contributed by atoms with van der Waals surface area (Å²) in [4.78, 5) is 29.3. The van der Waals surface area contributed by atoms with Gasteiger partial charge in [0.25, 0.3) is 5.91 Å². The molecule has 4 rings (SSSR count). The number of nitrogens with one attached hydrogen (secondary N) is 1. The van der Waals surface area contributed by atoms with Crippen molar-refractivity contribution in [3.05, 3.63) is 29.3 Å². The Morgan fingerprint density at radius 1 is 1.06 bits per heavy atom. The predicted octanol–water partition coefficient (Wildman–Crippen LogP) is 3.13. The Bertz CT molecular complexity index is 1020. The van der Waals surface area contributed by atoms with E-state index < -0.39 is 15.6 Å². The Morgan fingerprint density at radius 2 is 1.67 bits per heavy atom. The highest BCUT2D eigenvalue weighted by Crippen LogP contribution is 2.43. The fraction of sp³-hybridized carbons (Fsp3) is 0.652. The molecular formula is C23H33ClN4O4S. The van der Waals surface area contributed by atoms with Crippen LogP contribution in [-0.4, -0.2) is 72.8 Å². The van der Waals surface area contributed by atoms with Crippen LogP contribution in [0.5, 0.6) is 0 Å². The van der Waals surface area contributed by atoms with Crippen LogP contribution in [0.3, 0.4) is 0 Å². The summed E-state index contributed by atoms with van der Waals surface area (Å²) >= 11 is 6.10. The minimum absolute atomic E-state index is 0.0991. The van der Waals surface area contributed by atoms with Crippen LogP contribution in [0.25, 0.3) is 0 Å². The molecule has 2 heterocycles. The average Bonchev–Trinajstić information content (AvgIpc) is 2.98. The molecular weight excluding hydrogens is 464 g/mol. The molecule has 2 aliphatic heterocycles. The number of carbonyl (C=O) groups excluding carboxylic acids is 2. The van der Waals surface area contributed by atoms with E-state index in [1.54, 1.807) is 18.2 Å². The lowest BCUT2D eigenvalue weighted by molar-refractivity contribution is -0.134. The lowest BCUT2D eigenvalue weighted by Crippen LogP contribution is -2.53. The van der Waals surface area contributed by atoms with Crippen LogP contribution >= 0.6 is 11.6 Å². The van der Waals surface area contributed by atoms with Gasteiger partial charge in [-0.05, 0) is 49.1 Å². The monoisotopic (exact) mass is 496 g/mol. The number of urea groups is 1. The first-order valence-corrected chi connectivity index (χ1v) is 13.4. The zero-order valence-electron chi connectivity index (χ0n) is 19.5. The van der Waals surface area contributed by atoms with Crippen molar-refractivity contribution in [2.75, 3.05) is 32.8 Å². The number of rotatable bonds is 4. The lowest BCUT2D eigenvalue weighted by Gasteiger charge is -2.40. The number of benzene rings is 1. The maximum atomic E-state index is 13.3. The van der Waals surface area contributed by atoms with E-state index in [-0.39, 0.29) is 47.0 Å². The molecule has 1 aliphatic carbocycles. The summed E-state index contributed by atoms with van der Waals surface area (Å²) in [5, 5.41) is 3.18. The highest BCUT2D eigenvalue weighted by molar-refractivity contribution is 7.89. The van der Waals surface area contributed by atoms with E-state index in [2.05, 4.69) is 26.1 Å².